The van der Waals surface area contributed by atoms with Gasteiger partial charge < -0.3 is 9.47 Å². The molecule has 10 heteroatoms. The number of hydrogen-bond donors (Lipinski definition) is 0. The molecule has 1 aromatic heterocycles. The Bertz CT molecular complexity index is 506. The molecule has 0 bridgehead atoms. The lowest BCUT2D eigenvalue weighted by atomic mass is 10.1. The van der Waals surface area contributed by atoms with Crippen molar-refractivity contribution < 1.29 is 36.2 Å². The van der Waals surface area contributed by atoms with E-state index in [4.69, 9.17) is 11.6 Å². The zero-order valence-electron chi connectivity index (χ0n) is 9.80. The fourth-order valence-electron chi connectivity index (χ4n) is 1.29. The van der Waals surface area contributed by atoms with Gasteiger partial charge in [-0.3, -0.25) is 0 Å². The molecule has 0 aliphatic heterocycles. The summed E-state index contributed by atoms with van der Waals surface area (Å²) in [4.78, 5) is 14.6. The van der Waals surface area contributed by atoms with Gasteiger partial charge in [0.15, 0.2) is 5.69 Å². The second kappa shape index (κ2) is 6.21. The summed E-state index contributed by atoms with van der Waals surface area (Å²) in [6.07, 6.45) is -8.33. The summed E-state index contributed by atoms with van der Waals surface area (Å²) < 4.78 is 69.6. The highest BCUT2D eigenvalue weighted by atomic mass is 35.5. The van der Waals surface area contributed by atoms with Gasteiger partial charge >= 0.3 is 12.3 Å². The van der Waals surface area contributed by atoms with E-state index in [1.807, 2.05) is 0 Å². The molecule has 0 saturated carbocycles. The fraction of sp³-hybridized carbons (Fsp3) is 0.400. The van der Waals surface area contributed by atoms with Crippen LogP contribution in [0, 0.1) is 0 Å². The predicted octanol–water partition coefficient (Wildman–Crippen LogP) is 3.44. The second-order valence-electron chi connectivity index (χ2n) is 3.35. The molecule has 4 nitrogen and oxygen atoms in total. The molecule has 0 atom stereocenters. The molecule has 0 saturated heterocycles. The summed E-state index contributed by atoms with van der Waals surface area (Å²) in [5, 5.41) is 0. The Kier molecular flexibility index (Phi) is 5.09. The molecular formula is C10H7ClF5NO3. The number of carbonyl (C=O) groups excluding carboxylic acids is 1. The first-order valence-electron chi connectivity index (χ1n) is 4.91. The van der Waals surface area contributed by atoms with Gasteiger partial charge in [-0.1, -0.05) is 0 Å². The number of alkyl halides is 6. The minimum Gasteiger partial charge on any atom is -0.464 e. The van der Waals surface area contributed by atoms with Gasteiger partial charge in [0.25, 0.3) is 6.43 Å². The lowest BCUT2D eigenvalue weighted by molar-refractivity contribution is -0.275. The minimum absolute atomic E-state index is 0.377. The molecule has 0 fully saturated rings. The molecule has 0 unspecified atom stereocenters. The van der Waals surface area contributed by atoms with Crippen LogP contribution in [0.3, 0.4) is 0 Å². The number of ether oxygens (including phenoxy) is 2. The molecular weight excluding hydrogens is 313 g/mol. The van der Waals surface area contributed by atoms with Crippen LogP contribution in [0.25, 0.3) is 0 Å². The molecule has 0 aromatic carbocycles. The van der Waals surface area contributed by atoms with Crippen LogP contribution in [0.2, 0.25) is 0 Å². The smallest absolute Gasteiger partial charge is 0.464 e. The van der Waals surface area contributed by atoms with Gasteiger partial charge in [0, 0.05) is 11.6 Å². The predicted molar refractivity (Wildman–Crippen MR) is 56.8 cm³/mol. The Morgan fingerprint density at radius 1 is 1.45 bits per heavy atom. The largest absolute Gasteiger partial charge is 0.573 e. The highest BCUT2D eigenvalue weighted by molar-refractivity contribution is 6.17. The molecule has 0 aliphatic rings. The zero-order valence-corrected chi connectivity index (χ0v) is 10.6. The van der Waals surface area contributed by atoms with Crippen molar-refractivity contribution >= 4 is 17.6 Å². The van der Waals surface area contributed by atoms with Crippen molar-refractivity contribution in [2.45, 2.75) is 18.7 Å². The maximum absolute atomic E-state index is 12.6. The van der Waals surface area contributed by atoms with Gasteiger partial charge in [0.2, 0.25) is 0 Å². The van der Waals surface area contributed by atoms with Gasteiger partial charge in [-0.05, 0) is 0 Å². The van der Waals surface area contributed by atoms with E-state index >= 15 is 0 Å². The van der Waals surface area contributed by atoms with Crippen LogP contribution in [-0.2, 0) is 10.6 Å². The van der Waals surface area contributed by atoms with Crippen molar-refractivity contribution in [2.75, 3.05) is 7.11 Å². The van der Waals surface area contributed by atoms with Crippen molar-refractivity contribution in [3.05, 3.63) is 23.0 Å². The normalized spacial score (nSPS) is 11.6. The van der Waals surface area contributed by atoms with Crippen molar-refractivity contribution in [3.63, 3.8) is 0 Å². The van der Waals surface area contributed by atoms with Crippen molar-refractivity contribution in [2.24, 2.45) is 0 Å². The topological polar surface area (TPSA) is 48.4 Å². The van der Waals surface area contributed by atoms with Crippen LogP contribution in [-0.4, -0.2) is 24.4 Å². The van der Waals surface area contributed by atoms with Gasteiger partial charge in [0.05, 0.1) is 13.0 Å². The van der Waals surface area contributed by atoms with Crippen LogP contribution >= 0.6 is 11.6 Å². The van der Waals surface area contributed by atoms with Crippen molar-refractivity contribution in [3.8, 4) is 5.75 Å². The van der Waals surface area contributed by atoms with E-state index < -0.39 is 47.3 Å². The number of rotatable bonds is 4. The third kappa shape index (κ3) is 3.92. The van der Waals surface area contributed by atoms with Crippen LogP contribution < -0.4 is 4.74 Å². The number of hydrogen-bond acceptors (Lipinski definition) is 4. The number of carbonyl (C=O) groups is 1. The quantitative estimate of drug-likeness (QED) is 0.484. The minimum atomic E-state index is -5.13. The van der Waals surface area contributed by atoms with Crippen LogP contribution in [0.1, 0.15) is 28.2 Å². The molecule has 1 rings (SSSR count). The van der Waals surface area contributed by atoms with E-state index in [-0.39, 0.29) is 0 Å². The van der Waals surface area contributed by atoms with Gasteiger partial charge in [-0.25, -0.2) is 18.6 Å². The average Bonchev–Trinajstić information content (AvgIpc) is 2.34. The van der Waals surface area contributed by atoms with E-state index in [2.05, 4.69) is 14.5 Å². The molecule has 112 valence electrons. The molecule has 0 N–H and O–H groups in total. The number of nitrogens with zero attached hydrogens (tertiary/aromatic N) is 1. The molecule has 0 aliphatic carbocycles. The highest BCUT2D eigenvalue weighted by Gasteiger charge is 2.34. The van der Waals surface area contributed by atoms with E-state index in [0.717, 1.165) is 7.11 Å². The molecule has 20 heavy (non-hydrogen) atoms. The highest BCUT2D eigenvalue weighted by Crippen LogP contribution is 2.32. The summed E-state index contributed by atoms with van der Waals surface area (Å²) in [6, 6.07) is 0.377. The standard InChI is InChI=1S/C10H7ClF5NO3/c1-19-9(18)7-4(3-11)6(20-10(14,15)16)2-5(17-7)8(12)13/h2,8H,3H2,1H3. The second-order valence-corrected chi connectivity index (χ2v) is 3.61. The number of aromatic nitrogens is 1. The fourth-order valence-corrected chi connectivity index (χ4v) is 1.55. The Hall–Kier alpha value is -1.64. The Morgan fingerprint density at radius 2 is 2.05 bits per heavy atom. The Labute approximate surface area is 114 Å². The molecule has 0 radical (unpaired) electrons. The van der Waals surface area contributed by atoms with Crippen molar-refractivity contribution in [1.29, 1.82) is 0 Å². The molecule has 1 heterocycles. The number of methoxy groups -OCH3 is 1. The number of pyridine rings is 1. The zero-order chi connectivity index (χ0) is 15.5. The number of halogens is 6. The lowest BCUT2D eigenvalue weighted by Crippen LogP contribution is -2.20. The monoisotopic (exact) mass is 319 g/mol. The third-order valence-electron chi connectivity index (χ3n) is 2.06. The van der Waals surface area contributed by atoms with Gasteiger partial charge in [-0.15, -0.1) is 24.8 Å². The average molecular weight is 320 g/mol. The summed E-state index contributed by atoms with van der Waals surface area (Å²) in [7, 11) is 0.918. The summed E-state index contributed by atoms with van der Waals surface area (Å²) in [5.41, 5.74) is -2.29. The summed E-state index contributed by atoms with van der Waals surface area (Å²) >= 11 is 5.42. The molecule has 0 spiro atoms. The lowest BCUT2D eigenvalue weighted by Gasteiger charge is -2.15. The van der Waals surface area contributed by atoms with Gasteiger partial charge in [0.1, 0.15) is 11.4 Å². The van der Waals surface area contributed by atoms with E-state index in [9.17, 15) is 26.7 Å². The maximum atomic E-state index is 12.6. The van der Waals surface area contributed by atoms with E-state index in [0.29, 0.717) is 6.07 Å². The first-order valence-corrected chi connectivity index (χ1v) is 5.45. The van der Waals surface area contributed by atoms with Crippen molar-refractivity contribution in [1.82, 2.24) is 4.98 Å². The third-order valence-corrected chi connectivity index (χ3v) is 2.33. The maximum Gasteiger partial charge on any atom is 0.573 e. The van der Waals surface area contributed by atoms with E-state index in [1.165, 1.54) is 0 Å². The van der Waals surface area contributed by atoms with E-state index in [1.54, 1.807) is 0 Å². The molecule has 1 aromatic rings. The first kappa shape index (κ1) is 16.4. The van der Waals surface area contributed by atoms with Crippen LogP contribution in [0.5, 0.6) is 5.75 Å². The number of esters is 1. The van der Waals surface area contributed by atoms with Gasteiger partial charge in [-0.2, -0.15) is 0 Å². The Balaban J connectivity index is 3.46. The summed E-state index contributed by atoms with van der Waals surface area (Å²) in [5.74, 6) is -2.82. The SMILES string of the molecule is COC(=O)c1nc(C(F)F)cc(OC(F)(F)F)c1CCl. The van der Waals surface area contributed by atoms with Crippen LogP contribution in [0.4, 0.5) is 22.0 Å². The Morgan fingerprint density at radius 3 is 2.45 bits per heavy atom. The summed E-state index contributed by atoms with van der Waals surface area (Å²) in [6.45, 7) is 0. The first-order chi connectivity index (χ1) is 9.19. The van der Waals surface area contributed by atoms with Crippen LogP contribution in [0.15, 0.2) is 6.07 Å². The molecule has 0 amide bonds.